The van der Waals surface area contributed by atoms with E-state index in [1.165, 1.54) is 11.8 Å². The topological polar surface area (TPSA) is 83.6 Å². The molecule has 0 saturated heterocycles. The molecule has 0 fully saturated rings. The molecule has 0 saturated carbocycles. The Morgan fingerprint density at radius 2 is 1.92 bits per heavy atom. The fourth-order valence-electron chi connectivity index (χ4n) is 2.13. The smallest absolute Gasteiger partial charge is 0.234 e. The number of rotatable bonds is 6. The highest BCUT2D eigenvalue weighted by molar-refractivity contribution is 8.00. The monoisotopic (exact) mass is 357 g/mol. The van der Waals surface area contributed by atoms with Crippen LogP contribution in [-0.2, 0) is 11.8 Å². The minimum Gasteiger partial charge on any atom is -0.337 e. The number of thioether (sulfide) groups is 1. The summed E-state index contributed by atoms with van der Waals surface area (Å²) in [6.07, 6.45) is 0. The second-order valence-electron chi connectivity index (χ2n) is 6.45. The number of amides is 1. The number of benzene rings is 1. The summed E-state index contributed by atoms with van der Waals surface area (Å²) in [5.74, 6) is 0.574. The van der Waals surface area contributed by atoms with Gasteiger partial charge in [0.1, 0.15) is 5.54 Å². The van der Waals surface area contributed by atoms with Gasteiger partial charge in [-0.3, -0.25) is 4.79 Å². The first-order chi connectivity index (χ1) is 11.8. The van der Waals surface area contributed by atoms with Gasteiger partial charge in [-0.15, -0.1) is 10.2 Å². The van der Waals surface area contributed by atoms with Crippen LogP contribution in [0.2, 0.25) is 0 Å². The Morgan fingerprint density at radius 3 is 2.48 bits per heavy atom. The molecule has 0 aliphatic carbocycles. The summed E-state index contributed by atoms with van der Waals surface area (Å²) in [6.45, 7) is 7.37. The number of carbonyl (C=O) groups excluding carboxylic acids is 1. The first kappa shape index (κ1) is 19.0. The Labute approximate surface area is 152 Å². The summed E-state index contributed by atoms with van der Waals surface area (Å²) in [6, 6.07) is 12.0. The minimum atomic E-state index is -0.888. The zero-order valence-corrected chi connectivity index (χ0v) is 16.0. The Bertz CT molecular complexity index is 781. The Hall–Kier alpha value is -2.33. The van der Waals surface area contributed by atoms with Gasteiger partial charge in [-0.2, -0.15) is 5.26 Å². The molecule has 0 radical (unpaired) electrons. The summed E-state index contributed by atoms with van der Waals surface area (Å²) in [5.41, 5.74) is 0.0828. The zero-order chi connectivity index (χ0) is 18.6. The number of hydrogen-bond acceptors (Lipinski definition) is 5. The normalized spacial score (nSPS) is 14.6. The van der Waals surface area contributed by atoms with Crippen molar-refractivity contribution in [2.24, 2.45) is 13.0 Å². The molecule has 1 aromatic carbocycles. The average molecular weight is 357 g/mol. The van der Waals surface area contributed by atoms with Crippen LogP contribution in [0.5, 0.6) is 0 Å². The molecule has 0 bridgehead atoms. The molecule has 6 nitrogen and oxygen atoms in total. The van der Waals surface area contributed by atoms with Crippen molar-refractivity contribution in [3.63, 3.8) is 0 Å². The fraction of sp³-hybridized carbons (Fsp3) is 0.444. The molecule has 1 N–H and O–H groups in total. The van der Waals surface area contributed by atoms with E-state index in [2.05, 4.69) is 21.6 Å². The van der Waals surface area contributed by atoms with Gasteiger partial charge in [0.2, 0.25) is 5.91 Å². The SMILES string of the molecule is CC(C)[C@@](C)(C#N)NC(=O)[C@@H](C)Sc1nnc(-c2ccccc2)n1C. The maximum absolute atomic E-state index is 12.5. The van der Waals surface area contributed by atoms with Gasteiger partial charge in [-0.25, -0.2) is 0 Å². The van der Waals surface area contributed by atoms with E-state index in [4.69, 9.17) is 0 Å². The Kier molecular flexibility index (Phi) is 5.85. The van der Waals surface area contributed by atoms with Crippen LogP contribution in [0, 0.1) is 17.2 Å². The van der Waals surface area contributed by atoms with Crippen LogP contribution in [0.1, 0.15) is 27.7 Å². The number of nitriles is 1. The highest BCUT2D eigenvalue weighted by atomic mass is 32.2. The molecule has 132 valence electrons. The molecule has 0 aliphatic heterocycles. The summed E-state index contributed by atoms with van der Waals surface area (Å²) in [5, 5.41) is 20.9. The van der Waals surface area contributed by atoms with Gasteiger partial charge in [0.05, 0.1) is 11.3 Å². The molecule has 2 aromatic rings. The van der Waals surface area contributed by atoms with Crippen LogP contribution >= 0.6 is 11.8 Å². The lowest BCUT2D eigenvalue weighted by Gasteiger charge is -2.28. The van der Waals surface area contributed by atoms with E-state index in [1.807, 2.05) is 55.8 Å². The molecule has 0 aliphatic rings. The van der Waals surface area contributed by atoms with Crippen molar-refractivity contribution in [2.75, 3.05) is 0 Å². The molecule has 0 unspecified atom stereocenters. The second-order valence-corrected chi connectivity index (χ2v) is 7.76. The average Bonchev–Trinajstić information content (AvgIpc) is 2.96. The number of carbonyl (C=O) groups is 1. The van der Waals surface area contributed by atoms with E-state index in [1.54, 1.807) is 13.8 Å². The van der Waals surface area contributed by atoms with E-state index in [9.17, 15) is 10.1 Å². The molecule has 25 heavy (non-hydrogen) atoms. The molecule has 7 heteroatoms. The van der Waals surface area contributed by atoms with Crippen molar-refractivity contribution in [1.29, 1.82) is 5.26 Å². The van der Waals surface area contributed by atoms with E-state index in [-0.39, 0.29) is 11.8 Å². The van der Waals surface area contributed by atoms with Gasteiger partial charge in [-0.05, 0) is 19.8 Å². The van der Waals surface area contributed by atoms with Crippen molar-refractivity contribution < 1.29 is 4.79 Å². The first-order valence-corrected chi connectivity index (χ1v) is 9.01. The maximum atomic E-state index is 12.5. The van der Waals surface area contributed by atoms with E-state index in [0.717, 1.165) is 11.4 Å². The number of hydrogen-bond donors (Lipinski definition) is 1. The van der Waals surface area contributed by atoms with Crippen molar-refractivity contribution in [2.45, 2.75) is 43.6 Å². The van der Waals surface area contributed by atoms with Gasteiger partial charge >= 0.3 is 0 Å². The van der Waals surface area contributed by atoms with Gasteiger partial charge in [0.15, 0.2) is 11.0 Å². The largest absolute Gasteiger partial charge is 0.337 e. The van der Waals surface area contributed by atoms with Crippen LogP contribution < -0.4 is 5.32 Å². The van der Waals surface area contributed by atoms with Gasteiger partial charge in [-0.1, -0.05) is 55.9 Å². The molecular weight excluding hydrogens is 334 g/mol. The maximum Gasteiger partial charge on any atom is 0.234 e. The summed E-state index contributed by atoms with van der Waals surface area (Å²) in [4.78, 5) is 12.5. The van der Waals surface area contributed by atoms with Crippen molar-refractivity contribution in [3.05, 3.63) is 30.3 Å². The van der Waals surface area contributed by atoms with Gasteiger partial charge in [0.25, 0.3) is 0 Å². The highest BCUT2D eigenvalue weighted by Crippen LogP contribution is 2.26. The standard InChI is InChI=1S/C18H23N5OS/c1-12(2)18(4,11-19)20-16(24)13(3)25-17-22-21-15(23(17)5)14-9-7-6-8-10-14/h6-10,12-13H,1-5H3,(H,20,24)/t13-,18-/m1/s1. The lowest BCUT2D eigenvalue weighted by atomic mass is 9.90. The third kappa shape index (κ3) is 4.20. The molecule has 2 rings (SSSR count). The Morgan fingerprint density at radius 1 is 1.28 bits per heavy atom. The number of aromatic nitrogens is 3. The summed E-state index contributed by atoms with van der Waals surface area (Å²) < 4.78 is 1.87. The van der Waals surface area contributed by atoms with Crippen molar-refractivity contribution in [3.8, 4) is 17.5 Å². The third-order valence-electron chi connectivity index (χ3n) is 4.29. The van der Waals surface area contributed by atoms with E-state index >= 15 is 0 Å². The molecule has 2 atom stereocenters. The predicted octanol–water partition coefficient (Wildman–Crippen LogP) is 3.02. The molecule has 0 spiro atoms. The van der Waals surface area contributed by atoms with Crippen molar-refractivity contribution >= 4 is 17.7 Å². The first-order valence-electron chi connectivity index (χ1n) is 8.13. The van der Waals surface area contributed by atoms with Crippen LogP contribution in [0.15, 0.2) is 35.5 Å². The minimum absolute atomic E-state index is 0.0122. The molecular formula is C18H23N5OS. The lowest BCUT2D eigenvalue weighted by molar-refractivity contribution is -0.121. The fourth-order valence-corrected chi connectivity index (χ4v) is 2.94. The third-order valence-corrected chi connectivity index (χ3v) is 5.42. The highest BCUT2D eigenvalue weighted by Gasteiger charge is 2.32. The predicted molar refractivity (Wildman–Crippen MR) is 98.8 cm³/mol. The number of nitrogens with one attached hydrogen (secondary N) is 1. The van der Waals surface area contributed by atoms with E-state index < -0.39 is 10.8 Å². The molecule has 1 amide bonds. The van der Waals surface area contributed by atoms with Crippen LogP contribution in [-0.4, -0.2) is 31.5 Å². The van der Waals surface area contributed by atoms with Crippen LogP contribution in [0.4, 0.5) is 0 Å². The van der Waals surface area contributed by atoms with Crippen LogP contribution in [0.3, 0.4) is 0 Å². The summed E-state index contributed by atoms with van der Waals surface area (Å²) >= 11 is 1.32. The summed E-state index contributed by atoms with van der Waals surface area (Å²) in [7, 11) is 1.88. The lowest BCUT2D eigenvalue weighted by Crippen LogP contribution is -2.51. The Balaban J connectivity index is 2.11. The second kappa shape index (κ2) is 7.70. The zero-order valence-electron chi connectivity index (χ0n) is 15.1. The van der Waals surface area contributed by atoms with Gasteiger partial charge in [0, 0.05) is 12.6 Å². The quantitative estimate of drug-likeness (QED) is 0.804. The van der Waals surface area contributed by atoms with Crippen LogP contribution in [0.25, 0.3) is 11.4 Å². The van der Waals surface area contributed by atoms with Gasteiger partial charge < -0.3 is 9.88 Å². The molecule has 1 aromatic heterocycles. The molecule has 1 heterocycles. The number of nitrogens with zero attached hydrogens (tertiary/aromatic N) is 4. The van der Waals surface area contributed by atoms with Crippen molar-refractivity contribution in [1.82, 2.24) is 20.1 Å². The van der Waals surface area contributed by atoms with E-state index in [0.29, 0.717) is 5.16 Å².